The number of hydrogen-bond acceptors (Lipinski definition) is 0. The summed E-state index contributed by atoms with van der Waals surface area (Å²) in [5.41, 5.74) is 2.45. The topological polar surface area (TPSA) is 0 Å². The highest BCUT2D eigenvalue weighted by molar-refractivity contribution is 6.32. The molecule has 0 aliphatic heterocycles. The summed E-state index contributed by atoms with van der Waals surface area (Å²) in [4.78, 5) is 0. The van der Waals surface area contributed by atoms with E-state index in [0.29, 0.717) is 0 Å². The van der Waals surface area contributed by atoms with E-state index in [9.17, 15) is 0 Å². The molecular formula is C12H19Cl. The first kappa shape index (κ1) is 12.5. The van der Waals surface area contributed by atoms with Gasteiger partial charge in [-0.15, -0.1) is 0 Å². The first-order valence-corrected chi connectivity index (χ1v) is 5.37. The Balaban J connectivity index is 0.000000671. The second kappa shape index (κ2) is 6.97. The fourth-order valence-corrected chi connectivity index (χ4v) is 1.39. The van der Waals surface area contributed by atoms with Crippen molar-refractivity contribution in [2.75, 3.05) is 0 Å². The van der Waals surface area contributed by atoms with Crippen molar-refractivity contribution in [2.45, 2.75) is 40.5 Å². The number of benzene rings is 1. The van der Waals surface area contributed by atoms with Crippen molar-refractivity contribution in [3.8, 4) is 0 Å². The number of aryl methyl sites for hydroxylation is 2. The van der Waals surface area contributed by atoms with E-state index in [-0.39, 0.29) is 0 Å². The molecule has 1 rings (SSSR count). The molecule has 0 aromatic heterocycles. The highest BCUT2D eigenvalue weighted by atomic mass is 35.5. The molecule has 0 heterocycles. The Morgan fingerprint density at radius 2 is 1.85 bits per heavy atom. The molecule has 1 aromatic rings. The lowest BCUT2D eigenvalue weighted by Crippen LogP contribution is -1.86. The van der Waals surface area contributed by atoms with E-state index >= 15 is 0 Å². The van der Waals surface area contributed by atoms with Gasteiger partial charge in [0.25, 0.3) is 0 Å². The van der Waals surface area contributed by atoms with Crippen LogP contribution in [0, 0.1) is 6.92 Å². The zero-order chi connectivity index (χ0) is 10.3. The van der Waals surface area contributed by atoms with Gasteiger partial charge in [0.2, 0.25) is 0 Å². The quantitative estimate of drug-likeness (QED) is 0.650. The molecule has 0 unspecified atom stereocenters. The zero-order valence-corrected chi connectivity index (χ0v) is 9.78. The Morgan fingerprint density at radius 1 is 1.23 bits per heavy atom. The van der Waals surface area contributed by atoms with E-state index in [1.165, 1.54) is 11.1 Å². The van der Waals surface area contributed by atoms with Gasteiger partial charge in [0.05, 0.1) is 0 Å². The van der Waals surface area contributed by atoms with E-state index < -0.39 is 0 Å². The second-order valence-corrected chi connectivity index (χ2v) is 3.18. The maximum absolute atomic E-state index is 6.07. The summed E-state index contributed by atoms with van der Waals surface area (Å²) >= 11 is 6.07. The number of halogens is 1. The van der Waals surface area contributed by atoms with Gasteiger partial charge in [-0.25, -0.2) is 0 Å². The number of hydrogen-bond donors (Lipinski definition) is 0. The third-order valence-electron chi connectivity index (χ3n) is 1.79. The van der Waals surface area contributed by atoms with Crippen LogP contribution in [0.1, 0.15) is 38.3 Å². The average molecular weight is 199 g/mol. The smallest absolute Gasteiger partial charge is 0.0467 e. The lowest BCUT2D eigenvalue weighted by atomic mass is 10.1. The Kier molecular flexibility index (Phi) is 6.70. The molecule has 0 saturated carbocycles. The van der Waals surface area contributed by atoms with E-state index in [0.717, 1.165) is 17.9 Å². The molecule has 0 nitrogen and oxygen atoms in total. The monoisotopic (exact) mass is 198 g/mol. The van der Waals surface area contributed by atoms with Crippen molar-refractivity contribution in [2.24, 2.45) is 0 Å². The molecule has 74 valence electrons. The summed E-state index contributed by atoms with van der Waals surface area (Å²) < 4.78 is 0. The minimum atomic E-state index is 0.939. The molecule has 0 fully saturated rings. The van der Waals surface area contributed by atoms with Gasteiger partial charge in [-0.3, -0.25) is 0 Å². The van der Waals surface area contributed by atoms with Crippen LogP contribution in [0.25, 0.3) is 0 Å². The summed E-state index contributed by atoms with van der Waals surface area (Å²) in [6, 6.07) is 6.20. The average Bonchev–Trinajstić information content (AvgIpc) is 2.17. The molecule has 13 heavy (non-hydrogen) atoms. The van der Waals surface area contributed by atoms with Crippen LogP contribution in [0.3, 0.4) is 0 Å². The molecule has 0 aliphatic rings. The second-order valence-electron chi connectivity index (χ2n) is 2.80. The molecule has 0 spiro atoms. The molecule has 0 atom stereocenters. The first-order chi connectivity index (χ1) is 6.25. The van der Waals surface area contributed by atoms with E-state index in [2.05, 4.69) is 19.1 Å². The van der Waals surface area contributed by atoms with E-state index in [4.69, 9.17) is 11.6 Å². The van der Waals surface area contributed by atoms with Gasteiger partial charge in [0.15, 0.2) is 0 Å². The van der Waals surface area contributed by atoms with Crippen molar-refractivity contribution in [3.63, 3.8) is 0 Å². The van der Waals surface area contributed by atoms with Crippen LogP contribution in [0.4, 0.5) is 0 Å². The lowest BCUT2D eigenvalue weighted by molar-refractivity contribution is 0.920. The Morgan fingerprint density at radius 3 is 2.38 bits per heavy atom. The number of rotatable bonds is 2. The third kappa shape index (κ3) is 3.82. The maximum atomic E-state index is 6.07. The highest BCUT2D eigenvalue weighted by Crippen LogP contribution is 2.21. The van der Waals surface area contributed by atoms with Gasteiger partial charge in [-0.05, 0) is 24.5 Å². The first-order valence-electron chi connectivity index (χ1n) is 4.99. The van der Waals surface area contributed by atoms with E-state index in [1.807, 2.05) is 26.8 Å². The summed E-state index contributed by atoms with van der Waals surface area (Å²) in [7, 11) is 0. The van der Waals surface area contributed by atoms with Crippen molar-refractivity contribution in [1.82, 2.24) is 0 Å². The molecule has 1 aromatic carbocycles. The van der Waals surface area contributed by atoms with Crippen molar-refractivity contribution < 1.29 is 0 Å². The Bertz CT molecular complexity index is 241. The van der Waals surface area contributed by atoms with Crippen LogP contribution in [-0.4, -0.2) is 0 Å². The van der Waals surface area contributed by atoms with Gasteiger partial charge in [-0.2, -0.15) is 0 Å². The third-order valence-corrected chi connectivity index (χ3v) is 2.33. The lowest BCUT2D eigenvalue weighted by Gasteiger charge is -2.03. The van der Waals surface area contributed by atoms with Crippen LogP contribution >= 0.6 is 11.6 Å². The zero-order valence-electron chi connectivity index (χ0n) is 9.02. The minimum absolute atomic E-state index is 0.939. The molecule has 0 amide bonds. The Hall–Kier alpha value is -0.490. The van der Waals surface area contributed by atoms with Crippen molar-refractivity contribution in [3.05, 3.63) is 34.3 Å². The Labute approximate surface area is 86.9 Å². The normalized spacial score (nSPS) is 9.00. The summed E-state index contributed by atoms with van der Waals surface area (Å²) in [5, 5.41) is 0.939. The summed E-state index contributed by atoms with van der Waals surface area (Å²) in [5.74, 6) is 0. The van der Waals surface area contributed by atoms with Gasteiger partial charge in [0.1, 0.15) is 0 Å². The molecule has 1 heteroatoms. The van der Waals surface area contributed by atoms with Crippen molar-refractivity contribution >= 4 is 11.6 Å². The standard InChI is InChI=1S/C10H13Cl.C2H6/c1-3-5-9-7-4-6-8(2)10(9)11;1-2/h4,6-7H,3,5H2,1-2H3;1-2H3. The molecular weight excluding hydrogens is 180 g/mol. The van der Waals surface area contributed by atoms with Crippen molar-refractivity contribution in [1.29, 1.82) is 0 Å². The van der Waals surface area contributed by atoms with Crippen LogP contribution in [0.15, 0.2) is 18.2 Å². The molecule has 0 N–H and O–H groups in total. The molecule has 0 bridgehead atoms. The fourth-order valence-electron chi connectivity index (χ4n) is 1.17. The predicted molar refractivity (Wildman–Crippen MR) is 61.5 cm³/mol. The van der Waals surface area contributed by atoms with Gasteiger partial charge < -0.3 is 0 Å². The van der Waals surface area contributed by atoms with Crippen LogP contribution in [-0.2, 0) is 6.42 Å². The van der Waals surface area contributed by atoms with E-state index in [1.54, 1.807) is 0 Å². The van der Waals surface area contributed by atoms with Crippen LogP contribution in [0.5, 0.6) is 0 Å². The SMILES string of the molecule is CC.CCCc1cccc(C)c1Cl. The predicted octanol–water partition coefficient (Wildman–Crippen LogP) is 4.63. The highest BCUT2D eigenvalue weighted by Gasteiger charge is 1.99. The van der Waals surface area contributed by atoms with Crippen LogP contribution < -0.4 is 0 Å². The summed E-state index contributed by atoms with van der Waals surface area (Å²) in [6.07, 6.45) is 2.24. The van der Waals surface area contributed by atoms with Gasteiger partial charge in [0, 0.05) is 5.02 Å². The minimum Gasteiger partial charge on any atom is -0.0838 e. The molecule has 0 radical (unpaired) electrons. The molecule has 0 saturated heterocycles. The summed E-state index contributed by atoms with van der Waals surface area (Å²) in [6.45, 7) is 8.21. The fraction of sp³-hybridized carbons (Fsp3) is 0.500. The van der Waals surface area contributed by atoms with Crippen LogP contribution in [0.2, 0.25) is 5.02 Å². The largest absolute Gasteiger partial charge is 0.0838 e. The maximum Gasteiger partial charge on any atom is 0.0467 e. The van der Waals surface area contributed by atoms with Gasteiger partial charge in [-0.1, -0.05) is 57.0 Å². The molecule has 0 aliphatic carbocycles. The van der Waals surface area contributed by atoms with Gasteiger partial charge >= 0.3 is 0 Å².